The third-order valence-corrected chi connectivity index (χ3v) is 2.52. The van der Waals surface area contributed by atoms with Crippen molar-refractivity contribution in [3.63, 3.8) is 0 Å². The largest absolute Gasteiger partial charge is 0.352 e. The Labute approximate surface area is 101 Å². The maximum absolute atomic E-state index is 11.7. The zero-order valence-corrected chi connectivity index (χ0v) is 10.3. The van der Waals surface area contributed by atoms with Gasteiger partial charge in [0.15, 0.2) is 0 Å². The lowest BCUT2D eigenvalue weighted by Crippen LogP contribution is -2.24. The number of unbranched alkanes of at least 4 members (excludes halogenated alkanes) is 2. The summed E-state index contributed by atoms with van der Waals surface area (Å²) in [6, 6.07) is 3.51. The molecule has 0 bridgehead atoms. The third kappa shape index (κ3) is 4.62. The van der Waals surface area contributed by atoms with Gasteiger partial charge in [-0.25, -0.2) is 0 Å². The van der Waals surface area contributed by atoms with E-state index in [0.717, 1.165) is 25.0 Å². The summed E-state index contributed by atoms with van der Waals surface area (Å²) in [5, 5.41) is 2.88. The van der Waals surface area contributed by atoms with Crippen molar-refractivity contribution < 1.29 is 4.79 Å². The van der Waals surface area contributed by atoms with E-state index in [1.54, 1.807) is 18.3 Å². The molecule has 0 spiro atoms. The van der Waals surface area contributed by atoms with E-state index in [4.69, 9.17) is 11.6 Å². The minimum atomic E-state index is -0.0311. The molecule has 0 atom stereocenters. The first kappa shape index (κ1) is 13.0. The molecule has 0 saturated carbocycles. The molecule has 0 aliphatic carbocycles. The van der Waals surface area contributed by atoms with Crippen LogP contribution in [0.15, 0.2) is 18.3 Å². The molecule has 4 heteroatoms. The van der Waals surface area contributed by atoms with Crippen LogP contribution in [0.1, 0.15) is 35.3 Å². The fourth-order valence-corrected chi connectivity index (χ4v) is 1.58. The van der Waals surface area contributed by atoms with E-state index in [0.29, 0.717) is 18.0 Å². The highest BCUT2D eigenvalue weighted by atomic mass is 35.5. The summed E-state index contributed by atoms with van der Waals surface area (Å²) in [5.41, 5.74) is 1.53. The first-order valence-corrected chi connectivity index (χ1v) is 6.04. The average molecular weight is 241 g/mol. The van der Waals surface area contributed by atoms with E-state index < -0.39 is 0 Å². The lowest BCUT2D eigenvalue weighted by atomic mass is 10.2. The highest BCUT2D eigenvalue weighted by Crippen LogP contribution is 2.01. The van der Waals surface area contributed by atoms with Gasteiger partial charge in [0.1, 0.15) is 0 Å². The number of pyridine rings is 1. The number of aryl methyl sites for hydroxylation is 1. The van der Waals surface area contributed by atoms with Crippen LogP contribution in [0, 0.1) is 6.92 Å². The Morgan fingerprint density at radius 2 is 2.25 bits per heavy atom. The van der Waals surface area contributed by atoms with Crippen LogP contribution in [0.2, 0.25) is 0 Å². The molecule has 1 N–H and O–H groups in total. The smallest absolute Gasteiger partial charge is 0.251 e. The molecule has 0 aromatic carbocycles. The van der Waals surface area contributed by atoms with Crippen molar-refractivity contribution in [3.8, 4) is 0 Å². The molecule has 0 fully saturated rings. The number of nitrogens with one attached hydrogen (secondary N) is 1. The predicted molar refractivity (Wildman–Crippen MR) is 65.9 cm³/mol. The number of halogens is 1. The molecule has 1 heterocycles. The van der Waals surface area contributed by atoms with Crippen LogP contribution < -0.4 is 5.32 Å². The van der Waals surface area contributed by atoms with Crippen molar-refractivity contribution in [2.75, 3.05) is 12.4 Å². The number of aromatic nitrogens is 1. The van der Waals surface area contributed by atoms with Gasteiger partial charge in [0, 0.05) is 29.9 Å². The number of rotatable bonds is 6. The van der Waals surface area contributed by atoms with Crippen molar-refractivity contribution in [1.82, 2.24) is 10.3 Å². The monoisotopic (exact) mass is 240 g/mol. The molecule has 1 rings (SSSR count). The standard InChI is InChI=1S/C12H17ClN2O/c1-10-9-11(5-8-14-10)12(16)15-7-4-2-3-6-13/h5,8-9H,2-4,6-7H2,1H3,(H,15,16). The van der Waals surface area contributed by atoms with Gasteiger partial charge < -0.3 is 5.32 Å². The van der Waals surface area contributed by atoms with Crippen LogP contribution in [0.25, 0.3) is 0 Å². The summed E-state index contributed by atoms with van der Waals surface area (Å²) in [6.07, 6.45) is 4.69. The highest BCUT2D eigenvalue weighted by Gasteiger charge is 2.04. The van der Waals surface area contributed by atoms with Gasteiger partial charge in [-0.3, -0.25) is 9.78 Å². The van der Waals surface area contributed by atoms with E-state index in [-0.39, 0.29) is 5.91 Å². The van der Waals surface area contributed by atoms with E-state index in [1.807, 2.05) is 6.92 Å². The van der Waals surface area contributed by atoms with Crippen molar-refractivity contribution >= 4 is 17.5 Å². The van der Waals surface area contributed by atoms with E-state index in [1.165, 1.54) is 0 Å². The molecule has 0 radical (unpaired) electrons. The quantitative estimate of drug-likeness (QED) is 0.613. The first-order chi connectivity index (χ1) is 7.74. The van der Waals surface area contributed by atoms with Crippen molar-refractivity contribution in [3.05, 3.63) is 29.6 Å². The summed E-state index contributed by atoms with van der Waals surface area (Å²) in [6.45, 7) is 2.58. The zero-order chi connectivity index (χ0) is 11.8. The normalized spacial score (nSPS) is 10.1. The molecule has 0 unspecified atom stereocenters. The second-order valence-corrected chi connectivity index (χ2v) is 4.07. The Morgan fingerprint density at radius 3 is 2.94 bits per heavy atom. The second-order valence-electron chi connectivity index (χ2n) is 3.69. The van der Waals surface area contributed by atoms with Gasteiger partial charge in [0.25, 0.3) is 5.91 Å². The SMILES string of the molecule is Cc1cc(C(=O)NCCCCCCl)ccn1. The maximum Gasteiger partial charge on any atom is 0.251 e. The highest BCUT2D eigenvalue weighted by molar-refractivity contribution is 6.17. The Bertz CT molecular complexity index is 342. The molecular weight excluding hydrogens is 224 g/mol. The number of hydrogen-bond donors (Lipinski definition) is 1. The van der Waals surface area contributed by atoms with Crippen LogP contribution in [0.5, 0.6) is 0 Å². The van der Waals surface area contributed by atoms with Gasteiger partial charge in [-0.1, -0.05) is 6.42 Å². The van der Waals surface area contributed by atoms with Gasteiger partial charge in [-0.2, -0.15) is 0 Å². The van der Waals surface area contributed by atoms with Crippen molar-refractivity contribution in [2.24, 2.45) is 0 Å². The summed E-state index contributed by atoms with van der Waals surface area (Å²) >= 11 is 5.56. The minimum Gasteiger partial charge on any atom is -0.352 e. The molecule has 1 aromatic rings. The molecule has 1 aromatic heterocycles. The number of amides is 1. The van der Waals surface area contributed by atoms with Crippen LogP contribution >= 0.6 is 11.6 Å². The summed E-state index contributed by atoms with van der Waals surface area (Å²) in [7, 11) is 0. The van der Waals surface area contributed by atoms with Gasteiger partial charge >= 0.3 is 0 Å². The molecular formula is C12H17ClN2O. The Morgan fingerprint density at radius 1 is 1.44 bits per heavy atom. The lowest BCUT2D eigenvalue weighted by Gasteiger charge is -2.05. The van der Waals surface area contributed by atoms with Gasteiger partial charge in [0.2, 0.25) is 0 Å². The Kier molecular flexibility index (Phi) is 5.86. The predicted octanol–water partition coefficient (Wildman–Crippen LogP) is 2.53. The average Bonchev–Trinajstić information content (AvgIpc) is 2.28. The first-order valence-electron chi connectivity index (χ1n) is 5.51. The number of carbonyl (C=O) groups is 1. The number of hydrogen-bond acceptors (Lipinski definition) is 2. The van der Waals surface area contributed by atoms with Crippen LogP contribution in [-0.4, -0.2) is 23.3 Å². The second kappa shape index (κ2) is 7.23. The van der Waals surface area contributed by atoms with E-state index >= 15 is 0 Å². The van der Waals surface area contributed by atoms with Crippen molar-refractivity contribution in [1.29, 1.82) is 0 Å². The topological polar surface area (TPSA) is 42.0 Å². The molecule has 0 saturated heterocycles. The Hall–Kier alpha value is -1.09. The maximum atomic E-state index is 11.7. The van der Waals surface area contributed by atoms with Crippen LogP contribution in [0.3, 0.4) is 0 Å². The van der Waals surface area contributed by atoms with Gasteiger partial charge in [0.05, 0.1) is 0 Å². The number of nitrogens with zero attached hydrogens (tertiary/aromatic N) is 1. The molecule has 88 valence electrons. The van der Waals surface area contributed by atoms with Crippen LogP contribution in [-0.2, 0) is 0 Å². The fourth-order valence-electron chi connectivity index (χ4n) is 1.39. The van der Waals surface area contributed by atoms with E-state index in [2.05, 4.69) is 10.3 Å². The lowest BCUT2D eigenvalue weighted by molar-refractivity contribution is 0.0953. The fraction of sp³-hybridized carbons (Fsp3) is 0.500. The summed E-state index contributed by atoms with van der Waals surface area (Å²) < 4.78 is 0. The molecule has 1 amide bonds. The number of alkyl halides is 1. The number of carbonyl (C=O) groups excluding carboxylic acids is 1. The molecule has 0 aliphatic rings. The molecule has 16 heavy (non-hydrogen) atoms. The Balaban J connectivity index is 2.30. The van der Waals surface area contributed by atoms with Crippen molar-refractivity contribution in [2.45, 2.75) is 26.2 Å². The minimum absolute atomic E-state index is 0.0311. The molecule has 3 nitrogen and oxygen atoms in total. The van der Waals surface area contributed by atoms with E-state index in [9.17, 15) is 4.79 Å². The van der Waals surface area contributed by atoms with Gasteiger partial charge in [-0.15, -0.1) is 11.6 Å². The molecule has 0 aliphatic heterocycles. The van der Waals surface area contributed by atoms with Crippen LogP contribution in [0.4, 0.5) is 0 Å². The summed E-state index contributed by atoms with van der Waals surface area (Å²) in [5.74, 6) is 0.661. The van der Waals surface area contributed by atoms with Gasteiger partial charge in [-0.05, 0) is 31.9 Å². The summed E-state index contributed by atoms with van der Waals surface area (Å²) in [4.78, 5) is 15.7. The third-order valence-electron chi connectivity index (χ3n) is 2.25. The zero-order valence-electron chi connectivity index (χ0n) is 9.50.